The van der Waals surface area contributed by atoms with Gasteiger partial charge in [-0.25, -0.2) is 9.78 Å². The van der Waals surface area contributed by atoms with Gasteiger partial charge in [-0.3, -0.25) is 0 Å². The predicted molar refractivity (Wildman–Crippen MR) is 86.2 cm³/mol. The highest BCUT2D eigenvalue weighted by atomic mass is 32.1. The molecule has 0 aromatic carbocycles. The molecule has 21 heavy (non-hydrogen) atoms. The first-order valence-electron chi connectivity index (χ1n) is 8.05. The normalized spacial score (nSPS) is 20.8. The number of aromatic nitrogens is 1. The summed E-state index contributed by atoms with van der Waals surface area (Å²) < 4.78 is 0. The number of carboxylic acids is 1. The number of likely N-dealkylation sites (tertiary alicyclic amines) is 1. The van der Waals surface area contributed by atoms with Crippen LogP contribution in [-0.2, 0) is 0 Å². The Hall–Kier alpha value is -0.940. The van der Waals surface area contributed by atoms with Gasteiger partial charge in [-0.05, 0) is 25.3 Å². The van der Waals surface area contributed by atoms with E-state index in [1.165, 1.54) is 49.8 Å². The lowest BCUT2D eigenvalue weighted by Crippen LogP contribution is -2.27. The van der Waals surface area contributed by atoms with Crippen molar-refractivity contribution in [3.63, 3.8) is 0 Å². The molecular weight excluding hydrogens is 284 g/mol. The Labute approximate surface area is 131 Å². The quantitative estimate of drug-likeness (QED) is 0.792. The zero-order valence-corrected chi connectivity index (χ0v) is 13.9. The molecule has 0 radical (unpaired) electrons. The van der Waals surface area contributed by atoms with Crippen LogP contribution >= 0.6 is 11.3 Å². The van der Waals surface area contributed by atoms with Crippen LogP contribution in [0.5, 0.6) is 0 Å². The summed E-state index contributed by atoms with van der Waals surface area (Å²) in [7, 11) is 0. The van der Waals surface area contributed by atoms with Crippen LogP contribution < -0.4 is 0 Å². The lowest BCUT2D eigenvalue weighted by atomic mass is 9.99. The molecule has 2 rings (SSSR count). The van der Waals surface area contributed by atoms with E-state index in [2.05, 4.69) is 23.7 Å². The predicted octanol–water partition coefficient (Wildman–Crippen LogP) is 3.85. The van der Waals surface area contributed by atoms with Crippen LogP contribution in [0.1, 0.15) is 66.5 Å². The molecule has 1 saturated heterocycles. The summed E-state index contributed by atoms with van der Waals surface area (Å²) in [6.45, 7) is 7.88. The van der Waals surface area contributed by atoms with Gasteiger partial charge in [-0.2, -0.15) is 0 Å². The van der Waals surface area contributed by atoms with Gasteiger partial charge in [0.2, 0.25) is 0 Å². The maximum absolute atomic E-state index is 10.9. The van der Waals surface area contributed by atoms with E-state index >= 15 is 0 Å². The van der Waals surface area contributed by atoms with Crippen LogP contribution in [0.3, 0.4) is 0 Å². The molecule has 0 saturated carbocycles. The van der Waals surface area contributed by atoms with Crippen molar-refractivity contribution in [3.8, 4) is 0 Å². The van der Waals surface area contributed by atoms with Crippen LogP contribution in [0.4, 0.5) is 0 Å². The molecule has 1 N–H and O–H groups in total. The largest absolute Gasteiger partial charge is 0.477 e. The van der Waals surface area contributed by atoms with Crippen molar-refractivity contribution in [1.29, 1.82) is 0 Å². The van der Waals surface area contributed by atoms with Gasteiger partial charge in [-0.1, -0.05) is 33.1 Å². The number of hydrogen-bond donors (Lipinski definition) is 1. The van der Waals surface area contributed by atoms with E-state index in [-0.39, 0.29) is 0 Å². The van der Waals surface area contributed by atoms with Crippen LogP contribution in [0.2, 0.25) is 0 Å². The molecule has 0 aliphatic carbocycles. The van der Waals surface area contributed by atoms with Crippen molar-refractivity contribution in [2.45, 2.75) is 51.9 Å². The number of aromatic carboxylic acids is 1. The van der Waals surface area contributed by atoms with E-state index in [0.717, 1.165) is 30.4 Å². The third-order valence-corrected chi connectivity index (χ3v) is 5.56. The maximum Gasteiger partial charge on any atom is 0.347 e. The monoisotopic (exact) mass is 310 g/mol. The molecule has 2 atom stereocenters. The molecular formula is C16H26N2O2S. The molecule has 0 spiro atoms. The molecule has 1 aliphatic rings. The molecule has 1 aliphatic heterocycles. The van der Waals surface area contributed by atoms with E-state index in [0.29, 0.717) is 10.8 Å². The van der Waals surface area contributed by atoms with Crippen molar-refractivity contribution in [3.05, 3.63) is 16.1 Å². The van der Waals surface area contributed by atoms with Gasteiger partial charge >= 0.3 is 5.97 Å². The minimum atomic E-state index is -0.862. The molecule has 1 fully saturated rings. The van der Waals surface area contributed by atoms with E-state index in [1.807, 2.05) is 0 Å². The van der Waals surface area contributed by atoms with Crippen molar-refractivity contribution in [2.75, 3.05) is 19.6 Å². The lowest BCUT2D eigenvalue weighted by Gasteiger charge is -2.22. The van der Waals surface area contributed by atoms with Crippen LogP contribution in [0.25, 0.3) is 0 Å². The average Bonchev–Trinajstić information content (AvgIpc) is 3.11. The van der Waals surface area contributed by atoms with Crippen molar-refractivity contribution < 1.29 is 9.90 Å². The average molecular weight is 310 g/mol. The number of rotatable bonds is 8. The van der Waals surface area contributed by atoms with Gasteiger partial charge in [0.25, 0.3) is 0 Å². The number of thiazole rings is 1. The highest BCUT2D eigenvalue weighted by Crippen LogP contribution is 2.31. The maximum atomic E-state index is 10.9. The summed E-state index contributed by atoms with van der Waals surface area (Å²) in [5, 5.41) is 9.98. The van der Waals surface area contributed by atoms with Crippen LogP contribution in [0, 0.1) is 5.92 Å². The Balaban J connectivity index is 1.86. The zero-order valence-electron chi connectivity index (χ0n) is 13.0. The minimum absolute atomic E-state index is 0.359. The fourth-order valence-electron chi connectivity index (χ4n) is 3.06. The molecule has 2 unspecified atom stereocenters. The zero-order chi connectivity index (χ0) is 15.2. The Kier molecular flexibility index (Phi) is 6.18. The first-order valence-corrected chi connectivity index (χ1v) is 8.87. The molecule has 4 nitrogen and oxygen atoms in total. The van der Waals surface area contributed by atoms with E-state index in [9.17, 15) is 4.79 Å². The summed E-state index contributed by atoms with van der Waals surface area (Å²) in [5.41, 5.74) is 0. The molecule has 0 bridgehead atoms. The summed E-state index contributed by atoms with van der Waals surface area (Å²) in [6, 6.07) is 0. The number of hydrogen-bond acceptors (Lipinski definition) is 4. The van der Waals surface area contributed by atoms with Gasteiger partial charge in [0.15, 0.2) is 0 Å². The smallest absolute Gasteiger partial charge is 0.347 e. The summed E-state index contributed by atoms with van der Waals surface area (Å²) in [5.74, 6) is 0.362. The Bertz CT molecular complexity index is 461. The number of nitrogens with zero attached hydrogens (tertiary/aromatic N) is 2. The Morgan fingerprint density at radius 3 is 3.00 bits per heavy atom. The van der Waals surface area contributed by atoms with E-state index in [1.54, 1.807) is 0 Å². The standard InChI is InChI=1S/C16H26N2O2S/c1-3-5-6-12(4-2)10-18-8-7-13(11-18)15-17-9-14(21-15)16(19)20/h9,12-13H,3-8,10-11H2,1-2H3,(H,19,20). The third kappa shape index (κ3) is 4.51. The molecule has 1 aromatic rings. The minimum Gasteiger partial charge on any atom is -0.477 e. The van der Waals surface area contributed by atoms with Gasteiger partial charge in [0.05, 0.1) is 11.2 Å². The second-order valence-electron chi connectivity index (χ2n) is 6.03. The molecule has 2 heterocycles. The second kappa shape index (κ2) is 7.90. The van der Waals surface area contributed by atoms with Crippen molar-refractivity contribution in [1.82, 2.24) is 9.88 Å². The van der Waals surface area contributed by atoms with Crippen LogP contribution in [-0.4, -0.2) is 40.6 Å². The van der Waals surface area contributed by atoms with Gasteiger partial charge in [0, 0.05) is 19.0 Å². The number of unbranched alkanes of at least 4 members (excludes halogenated alkanes) is 1. The molecule has 1 aromatic heterocycles. The number of carboxylic acid groups (broad SMARTS) is 1. The third-order valence-electron chi connectivity index (χ3n) is 4.42. The first kappa shape index (κ1) is 16.4. The molecule has 5 heteroatoms. The summed E-state index contributed by atoms with van der Waals surface area (Å²) in [6.07, 6.45) is 7.79. The van der Waals surface area contributed by atoms with Crippen molar-refractivity contribution >= 4 is 17.3 Å². The van der Waals surface area contributed by atoms with Gasteiger partial charge < -0.3 is 10.0 Å². The Morgan fingerprint density at radius 1 is 1.57 bits per heavy atom. The fraction of sp³-hybridized carbons (Fsp3) is 0.750. The van der Waals surface area contributed by atoms with Crippen molar-refractivity contribution in [2.24, 2.45) is 5.92 Å². The van der Waals surface area contributed by atoms with E-state index < -0.39 is 5.97 Å². The topological polar surface area (TPSA) is 53.4 Å². The lowest BCUT2D eigenvalue weighted by molar-refractivity contribution is 0.0702. The summed E-state index contributed by atoms with van der Waals surface area (Å²) in [4.78, 5) is 18.1. The number of carbonyl (C=O) groups is 1. The molecule has 118 valence electrons. The van der Waals surface area contributed by atoms with Gasteiger partial charge in [0.1, 0.15) is 4.88 Å². The highest BCUT2D eigenvalue weighted by molar-refractivity contribution is 7.13. The first-order chi connectivity index (χ1) is 10.1. The second-order valence-corrected chi connectivity index (χ2v) is 7.09. The van der Waals surface area contributed by atoms with Crippen LogP contribution in [0.15, 0.2) is 6.20 Å². The highest BCUT2D eigenvalue weighted by Gasteiger charge is 2.27. The molecule has 0 amide bonds. The fourth-order valence-corrected chi connectivity index (χ4v) is 3.94. The van der Waals surface area contributed by atoms with E-state index in [4.69, 9.17) is 5.11 Å². The Morgan fingerprint density at radius 2 is 2.38 bits per heavy atom. The summed E-state index contributed by atoms with van der Waals surface area (Å²) >= 11 is 1.34. The van der Waals surface area contributed by atoms with Gasteiger partial charge in [-0.15, -0.1) is 11.3 Å². The SMILES string of the molecule is CCCCC(CC)CN1CCC(c2ncc(C(=O)O)s2)C1.